The monoisotopic (exact) mass is 535 g/mol. The molecule has 1 aliphatic rings. The molecule has 2 aromatic rings. The molecule has 0 bridgehead atoms. The van der Waals surface area contributed by atoms with E-state index in [4.69, 9.17) is 21.7 Å². The maximum absolute atomic E-state index is 13.6. The summed E-state index contributed by atoms with van der Waals surface area (Å²) < 4.78 is 45.5. The summed E-state index contributed by atoms with van der Waals surface area (Å²) in [6.07, 6.45) is -1.91. The summed E-state index contributed by atoms with van der Waals surface area (Å²) in [5.41, 5.74) is -1.03. The third-order valence-electron chi connectivity index (χ3n) is 6.00. The van der Waals surface area contributed by atoms with Crippen molar-refractivity contribution in [3.05, 3.63) is 75.3 Å². The van der Waals surface area contributed by atoms with E-state index in [9.17, 15) is 27.6 Å². The van der Waals surface area contributed by atoms with Gasteiger partial charge in [0.25, 0.3) is 11.8 Å². The van der Waals surface area contributed by atoms with Gasteiger partial charge in [-0.1, -0.05) is 23.7 Å². The first-order valence-electron chi connectivity index (χ1n) is 11.2. The minimum atomic E-state index is -4.83. The van der Waals surface area contributed by atoms with Crippen molar-refractivity contribution in [2.75, 3.05) is 26.5 Å². The molecule has 0 aliphatic heterocycles. The maximum Gasteiger partial charge on any atom is 0.417 e. The van der Waals surface area contributed by atoms with Crippen molar-refractivity contribution in [3.63, 3.8) is 0 Å². The minimum Gasteiger partial charge on any atom is -0.469 e. The van der Waals surface area contributed by atoms with E-state index >= 15 is 0 Å². The van der Waals surface area contributed by atoms with E-state index < -0.39 is 34.1 Å². The molecule has 1 unspecified atom stereocenters. The Bertz CT molecular complexity index is 1290. The Morgan fingerprint density at radius 3 is 2.43 bits per heavy atom. The average Bonchev–Trinajstić information content (AvgIpc) is 2.86. The first kappa shape index (κ1) is 27.9. The second-order valence-electron chi connectivity index (χ2n) is 8.67. The predicted molar refractivity (Wildman–Crippen MR) is 133 cm³/mol. The first-order valence-corrected chi connectivity index (χ1v) is 11.6. The van der Waals surface area contributed by atoms with Crippen LogP contribution in [0.2, 0.25) is 5.02 Å². The fourth-order valence-corrected chi connectivity index (χ4v) is 4.31. The number of amides is 2. The van der Waals surface area contributed by atoms with Crippen molar-refractivity contribution >= 4 is 40.8 Å². The molecule has 0 aromatic heterocycles. The van der Waals surface area contributed by atoms with E-state index in [2.05, 4.69) is 5.32 Å². The molecule has 11 heteroatoms. The standard InChI is InChI=1S/C26H25ClF3N3O4/c1-33(2)24(35)16-11-12-17(22(31)14-7-9-15(10-8-14)25(36)37-3)20(13-16)32-23(34)21-18(26(28,29)30)5-4-6-19(21)27/h4-7,11-13,15,31H,8-10H2,1-3H3,(H,32,34). The fourth-order valence-electron chi connectivity index (χ4n) is 4.05. The predicted octanol–water partition coefficient (Wildman–Crippen LogP) is 5.58. The smallest absolute Gasteiger partial charge is 0.417 e. The Morgan fingerprint density at radius 2 is 1.86 bits per heavy atom. The number of allylic oxidation sites excluding steroid dienone is 2. The fraction of sp³-hybridized carbons (Fsp3) is 0.308. The molecule has 2 amide bonds. The van der Waals surface area contributed by atoms with Crippen LogP contribution in [-0.2, 0) is 15.7 Å². The van der Waals surface area contributed by atoms with Crippen LogP contribution in [0.4, 0.5) is 18.9 Å². The molecule has 1 aliphatic carbocycles. The van der Waals surface area contributed by atoms with Gasteiger partial charge in [0.05, 0.1) is 40.6 Å². The van der Waals surface area contributed by atoms with Crippen LogP contribution in [-0.4, -0.2) is 49.6 Å². The molecule has 0 saturated carbocycles. The molecule has 196 valence electrons. The summed E-state index contributed by atoms with van der Waals surface area (Å²) in [5, 5.41) is 10.8. The van der Waals surface area contributed by atoms with Gasteiger partial charge in [-0.15, -0.1) is 0 Å². The molecule has 3 rings (SSSR count). The van der Waals surface area contributed by atoms with Gasteiger partial charge in [-0.2, -0.15) is 13.2 Å². The molecular formula is C26H25ClF3N3O4. The van der Waals surface area contributed by atoms with Crippen molar-refractivity contribution in [2.45, 2.75) is 25.4 Å². The lowest BCUT2D eigenvalue weighted by molar-refractivity contribution is -0.145. The van der Waals surface area contributed by atoms with Crippen molar-refractivity contribution in [1.29, 1.82) is 5.41 Å². The van der Waals surface area contributed by atoms with Crippen LogP contribution in [0.5, 0.6) is 0 Å². The zero-order chi connectivity index (χ0) is 27.5. The number of esters is 1. The molecule has 0 saturated heterocycles. The summed E-state index contributed by atoms with van der Waals surface area (Å²) in [7, 11) is 4.36. The number of methoxy groups -OCH3 is 1. The molecule has 1 atom stereocenters. The first-order chi connectivity index (χ1) is 17.3. The number of carbonyl (C=O) groups excluding carboxylic acids is 3. The number of nitrogens with one attached hydrogen (secondary N) is 2. The molecular weight excluding hydrogens is 511 g/mol. The molecule has 0 fully saturated rings. The number of ether oxygens (including phenoxy) is 1. The zero-order valence-electron chi connectivity index (χ0n) is 20.3. The largest absolute Gasteiger partial charge is 0.469 e. The molecule has 2 N–H and O–H groups in total. The van der Waals surface area contributed by atoms with E-state index in [1.807, 2.05) is 0 Å². The van der Waals surface area contributed by atoms with Gasteiger partial charge in [0.1, 0.15) is 0 Å². The highest BCUT2D eigenvalue weighted by Gasteiger charge is 2.36. The van der Waals surface area contributed by atoms with Gasteiger partial charge in [-0.25, -0.2) is 0 Å². The molecule has 0 heterocycles. The van der Waals surface area contributed by atoms with Crippen LogP contribution in [0.3, 0.4) is 0 Å². The van der Waals surface area contributed by atoms with Crippen molar-refractivity contribution < 1.29 is 32.3 Å². The summed E-state index contributed by atoms with van der Waals surface area (Å²) in [5.74, 6) is -2.21. The van der Waals surface area contributed by atoms with Crippen LogP contribution in [0.15, 0.2) is 48.0 Å². The van der Waals surface area contributed by atoms with Crippen LogP contribution in [0.1, 0.15) is 51.1 Å². The van der Waals surface area contributed by atoms with E-state index in [1.165, 1.54) is 50.4 Å². The molecule has 7 nitrogen and oxygen atoms in total. The topological polar surface area (TPSA) is 99.6 Å². The summed E-state index contributed by atoms with van der Waals surface area (Å²) >= 11 is 5.98. The quantitative estimate of drug-likeness (QED) is 0.372. The second kappa shape index (κ2) is 11.2. The van der Waals surface area contributed by atoms with E-state index in [0.717, 1.165) is 12.1 Å². The number of anilines is 1. The summed E-state index contributed by atoms with van der Waals surface area (Å²) in [6, 6.07) is 7.26. The lowest BCUT2D eigenvalue weighted by Crippen LogP contribution is -2.24. The Morgan fingerprint density at radius 1 is 1.16 bits per heavy atom. The van der Waals surface area contributed by atoms with E-state index in [1.54, 1.807) is 6.08 Å². The third-order valence-corrected chi connectivity index (χ3v) is 6.32. The van der Waals surface area contributed by atoms with Gasteiger partial charge in [0.2, 0.25) is 0 Å². The van der Waals surface area contributed by atoms with Crippen molar-refractivity contribution in [3.8, 4) is 0 Å². The Balaban J connectivity index is 2.03. The molecule has 0 radical (unpaired) electrons. The van der Waals surface area contributed by atoms with Gasteiger partial charge in [-0.05, 0) is 55.2 Å². The van der Waals surface area contributed by atoms with Crippen molar-refractivity contribution in [1.82, 2.24) is 4.90 Å². The highest BCUT2D eigenvalue weighted by Crippen LogP contribution is 2.36. The number of alkyl halides is 3. The minimum absolute atomic E-state index is 0.0117. The molecule has 2 aromatic carbocycles. The lowest BCUT2D eigenvalue weighted by atomic mass is 9.85. The second-order valence-corrected chi connectivity index (χ2v) is 9.08. The number of carbonyl (C=O) groups is 3. The van der Waals surface area contributed by atoms with Crippen molar-refractivity contribution in [2.24, 2.45) is 5.92 Å². The molecule has 0 spiro atoms. The highest BCUT2D eigenvalue weighted by atomic mass is 35.5. The Kier molecular flexibility index (Phi) is 8.42. The van der Waals surface area contributed by atoms with Gasteiger partial charge in [0, 0.05) is 25.2 Å². The summed E-state index contributed by atoms with van der Waals surface area (Å²) in [4.78, 5) is 38.8. The number of hydrogen-bond acceptors (Lipinski definition) is 5. The average molecular weight is 536 g/mol. The van der Waals surface area contributed by atoms with Gasteiger partial charge < -0.3 is 15.0 Å². The lowest BCUT2D eigenvalue weighted by Gasteiger charge is -2.22. The SMILES string of the molecule is COC(=O)C1CC=C(C(=N)c2ccc(C(=O)N(C)C)cc2NC(=O)c2c(Cl)cccc2C(F)(F)F)CC1. The highest BCUT2D eigenvalue weighted by molar-refractivity contribution is 6.35. The van der Waals surface area contributed by atoms with Gasteiger partial charge >= 0.3 is 12.1 Å². The van der Waals surface area contributed by atoms with E-state index in [-0.39, 0.29) is 34.4 Å². The van der Waals surface area contributed by atoms with Crippen LogP contribution >= 0.6 is 11.6 Å². The van der Waals surface area contributed by atoms with Gasteiger partial charge in [-0.3, -0.25) is 19.8 Å². The van der Waals surface area contributed by atoms with Crippen LogP contribution in [0, 0.1) is 11.3 Å². The van der Waals surface area contributed by atoms with Crippen LogP contribution in [0.25, 0.3) is 0 Å². The third kappa shape index (κ3) is 6.19. The van der Waals surface area contributed by atoms with Gasteiger partial charge in [0.15, 0.2) is 0 Å². The maximum atomic E-state index is 13.6. The van der Waals surface area contributed by atoms with E-state index in [0.29, 0.717) is 24.8 Å². The van der Waals surface area contributed by atoms with Crippen LogP contribution < -0.4 is 5.32 Å². The molecule has 37 heavy (non-hydrogen) atoms. The zero-order valence-corrected chi connectivity index (χ0v) is 21.1. The normalized spacial score (nSPS) is 15.4. The number of halogens is 4. The Labute approximate surface area is 216 Å². The number of benzene rings is 2. The summed E-state index contributed by atoms with van der Waals surface area (Å²) in [6.45, 7) is 0. The number of nitrogens with zero attached hydrogens (tertiary/aromatic N) is 1. The number of hydrogen-bond donors (Lipinski definition) is 2. The Hall–Kier alpha value is -3.66. The number of rotatable bonds is 6.